The quantitative estimate of drug-likeness (QED) is 0.866. The molecular formula is C17H30N2O2. The summed E-state index contributed by atoms with van der Waals surface area (Å²) >= 11 is 0. The van der Waals surface area contributed by atoms with E-state index in [0.29, 0.717) is 5.92 Å². The summed E-state index contributed by atoms with van der Waals surface area (Å²) in [6.45, 7) is 7.94. The van der Waals surface area contributed by atoms with Gasteiger partial charge in [-0.3, -0.25) is 9.59 Å². The number of carbonyl (C=O) groups excluding carboxylic acids is 2. The van der Waals surface area contributed by atoms with Crippen LogP contribution in [0.1, 0.15) is 72.6 Å². The summed E-state index contributed by atoms with van der Waals surface area (Å²) in [5.41, 5.74) is -0.737. The largest absolute Gasteiger partial charge is 0.342 e. The highest BCUT2D eigenvalue weighted by Crippen LogP contribution is 2.33. The second-order valence-corrected chi connectivity index (χ2v) is 7.09. The number of amides is 2. The van der Waals surface area contributed by atoms with Crippen molar-refractivity contribution in [3.8, 4) is 0 Å². The Hall–Kier alpha value is -1.06. The van der Waals surface area contributed by atoms with Crippen molar-refractivity contribution < 1.29 is 9.59 Å². The number of piperazine rings is 1. The van der Waals surface area contributed by atoms with Gasteiger partial charge in [0.25, 0.3) is 0 Å². The van der Waals surface area contributed by atoms with Gasteiger partial charge in [-0.1, -0.05) is 33.1 Å². The molecule has 2 amide bonds. The monoisotopic (exact) mass is 294 g/mol. The molecule has 0 aromatic heterocycles. The topological polar surface area (TPSA) is 49.4 Å². The Morgan fingerprint density at radius 1 is 1.14 bits per heavy atom. The van der Waals surface area contributed by atoms with Crippen LogP contribution in [0.15, 0.2) is 0 Å². The molecule has 4 nitrogen and oxygen atoms in total. The summed E-state index contributed by atoms with van der Waals surface area (Å²) in [6, 6.07) is -0.143. The lowest BCUT2D eigenvalue weighted by Gasteiger charge is -2.49. The Balaban J connectivity index is 2.27. The Morgan fingerprint density at radius 3 is 2.24 bits per heavy atom. The maximum atomic E-state index is 13.1. The first-order valence-corrected chi connectivity index (χ1v) is 8.57. The molecule has 0 aromatic rings. The van der Waals surface area contributed by atoms with Crippen LogP contribution in [0, 0.1) is 5.92 Å². The molecule has 1 heterocycles. The van der Waals surface area contributed by atoms with E-state index in [1.165, 1.54) is 19.3 Å². The molecule has 1 saturated heterocycles. The van der Waals surface area contributed by atoms with Gasteiger partial charge in [-0.05, 0) is 45.4 Å². The molecule has 0 aromatic carbocycles. The molecule has 1 unspecified atom stereocenters. The third kappa shape index (κ3) is 2.95. The maximum Gasteiger partial charge on any atom is 0.246 e. The van der Waals surface area contributed by atoms with E-state index in [2.05, 4.69) is 19.2 Å². The van der Waals surface area contributed by atoms with Gasteiger partial charge in [0.15, 0.2) is 0 Å². The van der Waals surface area contributed by atoms with Crippen molar-refractivity contribution in [3.05, 3.63) is 0 Å². The van der Waals surface area contributed by atoms with Gasteiger partial charge < -0.3 is 10.2 Å². The van der Waals surface area contributed by atoms with Crippen LogP contribution in [0.2, 0.25) is 0 Å². The Bertz CT molecular complexity index is 396. The summed E-state index contributed by atoms with van der Waals surface area (Å²) in [5.74, 6) is 0.466. The van der Waals surface area contributed by atoms with Gasteiger partial charge in [0.05, 0.1) is 0 Å². The van der Waals surface area contributed by atoms with Crippen molar-refractivity contribution in [2.24, 2.45) is 5.92 Å². The summed E-state index contributed by atoms with van der Waals surface area (Å²) in [6.07, 6.45) is 7.54. The van der Waals surface area contributed by atoms with Crippen LogP contribution in [0.5, 0.6) is 0 Å². The van der Waals surface area contributed by atoms with Gasteiger partial charge >= 0.3 is 0 Å². The minimum absolute atomic E-state index is 0.00423. The average Bonchev–Trinajstić information content (AvgIpc) is 2.48. The highest BCUT2D eigenvalue weighted by molar-refractivity contribution is 5.99. The van der Waals surface area contributed by atoms with Gasteiger partial charge in [0.1, 0.15) is 11.6 Å². The predicted octanol–water partition coefficient (Wildman–Crippen LogP) is 2.86. The fraction of sp³-hybridized carbons (Fsp3) is 0.882. The highest BCUT2D eigenvalue weighted by Gasteiger charge is 2.50. The van der Waals surface area contributed by atoms with E-state index in [0.717, 1.165) is 25.7 Å². The van der Waals surface area contributed by atoms with Crippen molar-refractivity contribution in [3.63, 3.8) is 0 Å². The summed E-state index contributed by atoms with van der Waals surface area (Å²) in [4.78, 5) is 27.5. The van der Waals surface area contributed by atoms with Crippen LogP contribution in [-0.4, -0.2) is 34.3 Å². The van der Waals surface area contributed by atoms with Gasteiger partial charge in [-0.15, -0.1) is 0 Å². The van der Waals surface area contributed by atoms with E-state index in [4.69, 9.17) is 0 Å². The van der Waals surface area contributed by atoms with Crippen LogP contribution >= 0.6 is 0 Å². The van der Waals surface area contributed by atoms with Crippen LogP contribution in [0.3, 0.4) is 0 Å². The first-order chi connectivity index (χ1) is 9.93. The van der Waals surface area contributed by atoms with E-state index < -0.39 is 5.54 Å². The molecule has 2 aliphatic rings. The third-order valence-electron chi connectivity index (χ3n) is 5.38. The van der Waals surface area contributed by atoms with E-state index in [9.17, 15) is 9.59 Å². The number of rotatable bonds is 4. The van der Waals surface area contributed by atoms with Crippen molar-refractivity contribution in [2.45, 2.75) is 90.3 Å². The number of hydrogen-bond donors (Lipinski definition) is 1. The standard InChI is InChI=1S/C17H30N2O2/c1-5-13(6-2)19-15(20)14(12-10-8-7-9-11-12)18-16(21)17(19,3)4/h12-14H,5-11H2,1-4H3,(H,18,21). The lowest BCUT2D eigenvalue weighted by molar-refractivity contribution is -0.161. The van der Waals surface area contributed by atoms with Crippen LogP contribution in [0.25, 0.3) is 0 Å². The minimum Gasteiger partial charge on any atom is -0.342 e. The zero-order valence-electron chi connectivity index (χ0n) is 13.9. The molecule has 1 N–H and O–H groups in total. The number of nitrogens with one attached hydrogen (secondary N) is 1. The molecule has 21 heavy (non-hydrogen) atoms. The van der Waals surface area contributed by atoms with Crippen molar-refractivity contribution in [1.82, 2.24) is 10.2 Å². The highest BCUT2D eigenvalue weighted by atomic mass is 16.2. The van der Waals surface area contributed by atoms with E-state index in [1.807, 2.05) is 18.7 Å². The second kappa shape index (κ2) is 6.37. The van der Waals surface area contributed by atoms with Crippen molar-refractivity contribution >= 4 is 11.8 Å². The molecule has 0 bridgehead atoms. The molecule has 0 spiro atoms. The molecule has 1 atom stereocenters. The summed E-state index contributed by atoms with van der Waals surface area (Å²) in [5, 5.41) is 3.03. The van der Waals surface area contributed by atoms with Gasteiger partial charge in [0.2, 0.25) is 11.8 Å². The first kappa shape index (κ1) is 16.3. The number of hydrogen-bond acceptors (Lipinski definition) is 2. The summed E-state index contributed by atoms with van der Waals surface area (Å²) < 4.78 is 0. The third-order valence-corrected chi connectivity index (χ3v) is 5.38. The number of carbonyl (C=O) groups is 2. The van der Waals surface area contributed by atoms with Gasteiger partial charge in [-0.2, -0.15) is 0 Å². The van der Waals surface area contributed by atoms with Gasteiger partial charge in [0, 0.05) is 6.04 Å². The summed E-state index contributed by atoms with van der Waals surface area (Å²) in [7, 11) is 0. The molecule has 2 rings (SSSR count). The smallest absolute Gasteiger partial charge is 0.246 e. The van der Waals surface area contributed by atoms with Crippen LogP contribution in [0.4, 0.5) is 0 Å². The second-order valence-electron chi connectivity index (χ2n) is 7.09. The zero-order chi connectivity index (χ0) is 15.6. The van der Waals surface area contributed by atoms with Gasteiger partial charge in [-0.25, -0.2) is 0 Å². The van der Waals surface area contributed by atoms with Crippen LogP contribution < -0.4 is 5.32 Å². The molecule has 4 heteroatoms. The molecular weight excluding hydrogens is 264 g/mol. The lowest BCUT2D eigenvalue weighted by Crippen LogP contribution is -2.71. The Labute approximate surface area is 128 Å². The Kier molecular flexibility index (Phi) is 4.95. The SMILES string of the molecule is CCC(CC)N1C(=O)C(C2CCCCC2)NC(=O)C1(C)C. The Morgan fingerprint density at radius 2 is 1.71 bits per heavy atom. The maximum absolute atomic E-state index is 13.1. The normalized spacial score (nSPS) is 27.1. The van der Waals surface area contributed by atoms with Crippen molar-refractivity contribution in [1.29, 1.82) is 0 Å². The molecule has 0 radical (unpaired) electrons. The van der Waals surface area contributed by atoms with Crippen molar-refractivity contribution in [2.75, 3.05) is 0 Å². The molecule has 1 aliphatic carbocycles. The van der Waals surface area contributed by atoms with E-state index >= 15 is 0 Å². The fourth-order valence-electron chi connectivity index (χ4n) is 3.99. The zero-order valence-corrected chi connectivity index (χ0v) is 13.9. The molecule has 1 aliphatic heterocycles. The molecule has 1 saturated carbocycles. The first-order valence-electron chi connectivity index (χ1n) is 8.57. The fourth-order valence-corrected chi connectivity index (χ4v) is 3.99. The molecule has 120 valence electrons. The molecule has 2 fully saturated rings. The number of nitrogens with zero attached hydrogens (tertiary/aromatic N) is 1. The average molecular weight is 294 g/mol. The lowest BCUT2D eigenvalue weighted by atomic mass is 9.80. The van der Waals surface area contributed by atoms with Crippen LogP contribution in [-0.2, 0) is 9.59 Å². The predicted molar refractivity (Wildman–Crippen MR) is 83.8 cm³/mol. The van der Waals surface area contributed by atoms with E-state index in [1.54, 1.807) is 0 Å². The van der Waals surface area contributed by atoms with E-state index in [-0.39, 0.29) is 23.9 Å². The minimum atomic E-state index is -0.737.